The Kier molecular flexibility index (Phi) is 5.96. The van der Waals surface area contributed by atoms with E-state index in [-0.39, 0.29) is 6.61 Å². The Morgan fingerprint density at radius 1 is 1.14 bits per heavy atom. The summed E-state index contributed by atoms with van der Waals surface area (Å²) in [4.78, 5) is 1.17. The number of benzene rings is 2. The molecule has 112 valence electrons. The number of hydrogen-bond acceptors (Lipinski definition) is 4. The first-order valence-corrected chi connectivity index (χ1v) is 8.16. The fourth-order valence-corrected chi connectivity index (χ4v) is 2.48. The number of para-hydroxylation sites is 1. The van der Waals surface area contributed by atoms with Gasteiger partial charge < -0.3 is 15.2 Å². The summed E-state index contributed by atoms with van der Waals surface area (Å²) in [5, 5.41) is 13.3. The van der Waals surface area contributed by atoms with Crippen molar-refractivity contribution in [2.45, 2.75) is 17.9 Å². The van der Waals surface area contributed by atoms with Crippen LogP contribution in [0.1, 0.15) is 5.56 Å². The van der Waals surface area contributed by atoms with Crippen LogP contribution in [0.4, 0.5) is 5.69 Å². The van der Waals surface area contributed by atoms with E-state index in [0.29, 0.717) is 6.54 Å². The maximum Gasteiger partial charge on any atom is 0.119 e. The van der Waals surface area contributed by atoms with E-state index in [0.717, 1.165) is 11.4 Å². The Morgan fingerprint density at radius 2 is 1.86 bits per heavy atom. The van der Waals surface area contributed by atoms with Crippen LogP contribution in [-0.2, 0) is 0 Å². The fourth-order valence-electron chi connectivity index (χ4n) is 1.90. The number of aliphatic hydroxyl groups excluding tert-OH is 1. The number of hydrogen-bond donors (Lipinski definition) is 2. The molecule has 0 aliphatic rings. The predicted octanol–water partition coefficient (Wildman–Crippen LogP) is 3.57. The first kappa shape index (κ1) is 15.7. The molecule has 2 N–H and O–H groups in total. The van der Waals surface area contributed by atoms with Crippen molar-refractivity contribution in [3.63, 3.8) is 0 Å². The van der Waals surface area contributed by atoms with Crippen molar-refractivity contribution in [3.05, 3.63) is 54.1 Å². The Labute approximate surface area is 130 Å². The zero-order valence-electron chi connectivity index (χ0n) is 12.4. The van der Waals surface area contributed by atoms with E-state index in [4.69, 9.17) is 4.74 Å². The maximum absolute atomic E-state index is 10.00. The number of thioether (sulfide) groups is 1. The van der Waals surface area contributed by atoms with Gasteiger partial charge in [-0.05, 0) is 37.4 Å². The molecular weight excluding hydrogens is 282 g/mol. The molecule has 1 unspecified atom stereocenters. The quantitative estimate of drug-likeness (QED) is 0.767. The first-order valence-electron chi connectivity index (χ1n) is 6.93. The van der Waals surface area contributed by atoms with Crippen LogP contribution >= 0.6 is 11.8 Å². The summed E-state index contributed by atoms with van der Waals surface area (Å²) >= 11 is 1.68. The molecule has 2 rings (SSSR count). The van der Waals surface area contributed by atoms with Gasteiger partial charge in [0, 0.05) is 17.1 Å². The molecule has 0 radical (unpaired) electrons. The third-order valence-corrected chi connectivity index (χ3v) is 3.89. The lowest BCUT2D eigenvalue weighted by atomic mass is 10.2. The highest BCUT2D eigenvalue weighted by Gasteiger charge is 2.07. The van der Waals surface area contributed by atoms with Crippen molar-refractivity contribution >= 4 is 17.4 Å². The smallest absolute Gasteiger partial charge is 0.119 e. The summed E-state index contributed by atoms with van der Waals surface area (Å²) in [5.74, 6) is 0.782. The molecule has 21 heavy (non-hydrogen) atoms. The standard InChI is InChI=1S/C17H21NO2S/c1-13-7-9-15(10-8-13)20-12-14(19)11-18-16-5-3-4-6-17(16)21-2/h3-10,14,18-19H,11-12H2,1-2H3. The minimum Gasteiger partial charge on any atom is -0.491 e. The minimum absolute atomic E-state index is 0.275. The third-order valence-electron chi connectivity index (χ3n) is 3.10. The first-order chi connectivity index (χ1) is 10.2. The predicted molar refractivity (Wildman–Crippen MR) is 89.4 cm³/mol. The second-order valence-electron chi connectivity index (χ2n) is 4.86. The van der Waals surface area contributed by atoms with Gasteiger partial charge in [-0.15, -0.1) is 11.8 Å². The van der Waals surface area contributed by atoms with Crippen LogP contribution in [0, 0.1) is 6.92 Å². The molecule has 3 nitrogen and oxygen atoms in total. The molecule has 0 aromatic heterocycles. The molecule has 0 fully saturated rings. The Morgan fingerprint density at radius 3 is 2.57 bits per heavy atom. The van der Waals surface area contributed by atoms with E-state index in [9.17, 15) is 5.11 Å². The minimum atomic E-state index is -0.554. The van der Waals surface area contributed by atoms with Crippen molar-refractivity contribution in [1.29, 1.82) is 0 Å². The van der Waals surface area contributed by atoms with Gasteiger partial charge in [0.15, 0.2) is 0 Å². The Balaban J connectivity index is 1.79. The highest BCUT2D eigenvalue weighted by atomic mass is 32.2. The maximum atomic E-state index is 10.00. The van der Waals surface area contributed by atoms with Gasteiger partial charge in [-0.2, -0.15) is 0 Å². The number of ether oxygens (including phenoxy) is 1. The third kappa shape index (κ3) is 4.99. The van der Waals surface area contributed by atoms with Gasteiger partial charge in [0.1, 0.15) is 18.5 Å². The number of anilines is 1. The largest absolute Gasteiger partial charge is 0.491 e. The molecule has 0 saturated carbocycles. The molecule has 0 saturated heterocycles. The van der Waals surface area contributed by atoms with Crippen LogP contribution in [-0.4, -0.2) is 30.6 Å². The van der Waals surface area contributed by atoms with Crippen molar-refractivity contribution in [1.82, 2.24) is 0 Å². The highest BCUT2D eigenvalue weighted by molar-refractivity contribution is 7.98. The van der Waals surface area contributed by atoms with Crippen LogP contribution < -0.4 is 10.1 Å². The second-order valence-corrected chi connectivity index (χ2v) is 5.71. The lowest BCUT2D eigenvalue weighted by Gasteiger charge is -2.15. The van der Waals surface area contributed by atoms with E-state index >= 15 is 0 Å². The van der Waals surface area contributed by atoms with E-state index < -0.39 is 6.10 Å². The average Bonchev–Trinajstić information content (AvgIpc) is 2.52. The molecule has 2 aromatic rings. The van der Waals surface area contributed by atoms with Gasteiger partial charge in [0.25, 0.3) is 0 Å². The number of nitrogens with one attached hydrogen (secondary N) is 1. The lowest BCUT2D eigenvalue weighted by Crippen LogP contribution is -2.26. The molecule has 2 aromatic carbocycles. The van der Waals surface area contributed by atoms with E-state index in [1.807, 2.05) is 55.6 Å². The van der Waals surface area contributed by atoms with Crippen LogP contribution in [0.5, 0.6) is 5.75 Å². The van der Waals surface area contributed by atoms with Gasteiger partial charge in [-0.1, -0.05) is 29.8 Å². The van der Waals surface area contributed by atoms with Crippen molar-refractivity contribution in [3.8, 4) is 5.75 Å². The van der Waals surface area contributed by atoms with E-state index in [1.54, 1.807) is 11.8 Å². The summed E-state index contributed by atoms with van der Waals surface area (Å²) in [6.45, 7) is 2.77. The van der Waals surface area contributed by atoms with Crippen molar-refractivity contribution in [2.24, 2.45) is 0 Å². The molecular formula is C17H21NO2S. The Bertz CT molecular complexity index is 557. The van der Waals surface area contributed by atoms with Crippen LogP contribution in [0.3, 0.4) is 0 Å². The molecule has 0 heterocycles. The molecule has 0 aliphatic heterocycles. The van der Waals surface area contributed by atoms with E-state index in [2.05, 4.69) is 11.4 Å². The molecule has 0 spiro atoms. The summed E-state index contributed by atoms with van der Waals surface area (Å²) < 4.78 is 5.57. The normalized spacial score (nSPS) is 12.0. The van der Waals surface area contributed by atoms with Gasteiger partial charge in [0.05, 0.1) is 0 Å². The van der Waals surface area contributed by atoms with Crippen molar-refractivity contribution < 1.29 is 9.84 Å². The number of aliphatic hydroxyl groups is 1. The summed E-state index contributed by atoms with van der Waals surface area (Å²) in [5.41, 5.74) is 2.23. The van der Waals surface area contributed by atoms with Gasteiger partial charge in [0.2, 0.25) is 0 Å². The Hall–Kier alpha value is -1.65. The number of rotatable bonds is 7. The zero-order valence-corrected chi connectivity index (χ0v) is 13.2. The van der Waals surface area contributed by atoms with Crippen LogP contribution in [0.25, 0.3) is 0 Å². The molecule has 0 amide bonds. The average molecular weight is 303 g/mol. The van der Waals surface area contributed by atoms with Crippen LogP contribution in [0.2, 0.25) is 0 Å². The monoisotopic (exact) mass is 303 g/mol. The molecule has 4 heteroatoms. The van der Waals surface area contributed by atoms with Crippen LogP contribution in [0.15, 0.2) is 53.4 Å². The van der Waals surface area contributed by atoms with Gasteiger partial charge in [-0.25, -0.2) is 0 Å². The van der Waals surface area contributed by atoms with Crippen molar-refractivity contribution in [2.75, 3.05) is 24.7 Å². The summed E-state index contributed by atoms with van der Waals surface area (Å²) in [6, 6.07) is 15.9. The topological polar surface area (TPSA) is 41.5 Å². The zero-order chi connectivity index (χ0) is 15.1. The molecule has 1 atom stereocenters. The lowest BCUT2D eigenvalue weighted by molar-refractivity contribution is 0.117. The summed E-state index contributed by atoms with van der Waals surface area (Å²) in [6.07, 6.45) is 1.48. The van der Waals surface area contributed by atoms with Gasteiger partial charge in [-0.3, -0.25) is 0 Å². The molecule has 0 aliphatic carbocycles. The fraction of sp³-hybridized carbons (Fsp3) is 0.294. The molecule has 0 bridgehead atoms. The SMILES string of the molecule is CSc1ccccc1NCC(O)COc1ccc(C)cc1. The van der Waals surface area contributed by atoms with E-state index in [1.165, 1.54) is 10.5 Å². The second kappa shape index (κ2) is 7.96. The highest BCUT2D eigenvalue weighted by Crippen LogP contribution is 2.24. The summed E-state index contributed by atoms with van der Waals surface area (Å²) in [7, 11) is 0. The number of aryl methyl sites for hydroxylation is 1. The van der Waals surface area contributed by atoms with Gasteiger partial charge >= 0.3 is 0 Å².